The molecule has 0 radical (unpaired) electrons. The fraction of sp³-hybridized carbons (Fsp3) is 0.0345. The van der Waals surface area contributed by atoms with Crippen molar-refractivity contribution in [3.63, 3.8) is 0 Å². The maximum absolute atomic E-state index is 5.51. The largest absolute Gasteiger partial charge is 0.309 e. The van der Waals surface area contributed by atoms with Crippen molar-refractivity contribution in [2.75, 3.05) is 9.80 Å². The Kier molecular flexibility index (Phi) is 8.83. The van der Waals surface area contributed by atoms with Gasteiger partial charge in [0.05, 0.1) is 51.7 Å². The Morgan fingerprint density at radius 3 is 1.19 bits per heavy atom. The van der Waals surface area contributed by atoms with Crippen LogP contribution in [0.5, 0.6) is 0 Å². The number of pyridine rings is 4. The molecule has 2 aliphatic carbocycles. The number of hydrogen-bond acceptors (Lipinski definition) is 6. The highest BCUT2D eigenvalue weighted by Gasteiger charge is 2.65. The van der Waals surface area contributed by atoms with Crippen LogP contribution < -0.4 is 9.80 Å². The van der Waals surface area contributed by atoms with Gasteiger partial charge in [-0.25, -0.2) is 0 Å². The summed E-state index contributed by atoms with van der Waals surface area (Å²) in [5.41, 5.74) is 14.2. The van der Waals surface area contributed by atoms with E-state index in [0.717, 1.165) is 90.2 Å². The smallest absolute Gasteiger partial charge is 0.0936 e. The van der Waals surface area contributed by atoms with Crippen LogP contribution in [0.15, 0.2) is 243 Å². The molecule has 2 aliphatic rings. The van der Waals surface area contributed by atoms with Crippen LogP contribution in [0.3, 0.4) is 0 Å². The van der Waals surface area contributed by atoms with Crippen molar-refractivity contribution in [2.45, 2.75) is 10.8 Å². The van der Waals surface area contributed by atoms with E-state index in [1.807, 2.05) is 31.0 Å². The van der Waals surface area contributed by atoms with E-state index in [2.05, 4.69) is 222 Å². The summed E-state index contributed by atoms with van der Waals surface area (Å²) in [6.07, 6.45) is 9.85. The van der Waals surface area contributed by atoms with Gasteiger partial charge in [-0.1, -0.05) is 140 Å². The van der Waals surface area contributed by atoms with Gasteiger partial charge in [0, 0.05) is 46.9 Å². The van der Waals surface area contributed by atoms with Gasteiger partial charge >= 0.3 is 0 Å². The Bertz CT molecular complexity index is 2970. The second-order valence-corrected chi connectivity index (χ2v) is 16.2. The molecular weight excluding hydrogens is 781 g/mol. The van der Waals surface area contributed by atoms with Crippen molar-refractivity contribution in [2.24, 2.45) is 0 Å². The van der Waals surface area contributed by atoms with Gasteiger partial charge in [0.15, 0.2) is 0 Å². The summed E-state index contributed by atoms with van der Waals surface area (Å²) in [5, 5.41) is 0. The fourth-order valence-corrected chi connectivity index (χ4v) is 10.7. The minimum atomic E-state index is -0.956. The lowest BCUT2D eigenvalue weighted by atomic mass is 9.49. The Morgan fingerprint density at radius 1 is 0.297 bits per heavy atom. The van der Waals surface area contributed by atoms with E-state index in [1.54, 1.807) is 0 Å². The second kappa shape index (κ2) is 15.2. The lowest BCUT2D eigenvalue weighted by Crippen LogP contribution is -2.50. The summed E-state index contributed by atoms with van der Waals surface area (Å²) in [7, 11) is 0. The van der Waals surface area contributed by atoms with Crippen LogP contribution in [0.25, 0.3) is 22.6 Å². The van der Waals surface area contributed by atoms with Crippen molar-refractivity contribution in [3.8, 4) is 22.6 Å². The summed E-state index contributed by atoms with van der Waals surface area (Å²) in [4.78, 5) is 25.6. The first-order chi connectivity index (χ1) is 31.8. The molecule has 0 saturated carbocycles. The van der Waals surface area contributed by atoms with Gasteiger partial charge in [0.2, 0.25) is 0 Å². The average Bonchev–Trinajstić information content (AvgIpc) is 3.84. The molecule has 4 aromatic heterocycles. The van der Waals surface area contributed by atoms with E-state index in [-0.39, 0.29) is 0 Å². The molecule has 12 rings (SSSR count). The maximum Gasteiger partial charge on any atom is 0.0936 e. The Labute approximate surface area is 372 Å². The number of hydrogen-bond donors (Lipinski definition) is 0. The molecule has 0 spiro atoms. The molecule has 6 aromatic carbocycles. The van der Waals surface area contributed by atoms with Crippen LogP contribution in [-0.2, 0) is 10.8 Å². The third-order valence-corrected chi connectivity index (χ3v) is 13.0. The number of rotatable bonds is 9. The lowest BCUT2D eigenvalue weighted by molar-refractivity contribution is 0.436. The zero-order valence-corrected chi connectivity index (χ0v) is 34.8. The molecule has 4 heterocycles. The molecule has 2 atom stereocenters. The Morgan fingerprint density at radius 2 is 0.703 bits per heavy atom. The molecule has 0 fully saturated rings. The third-order valence-electron chi connectivity index (χ3n) is 13.0. The van der Waals surface area contributed by atoms with Crippen LogP contribution in [0, 0.1) is 0 Å². The molecule has 302 valence electrons. The molecule has 0 saturated heterocycles. The van der Waals surface area contributed by atoms with Crippen molar-refractivity contribution < 1.29 is 0 Å². The van der Waals surface area contributed by atoms with E-state index in [0.29, 0.717) is 0 Å². The second-order valence-electron chi connectivity index (χ2n) is 16.2. The van der Waals surface area contributed by atoms with E-state index in [9.17, 15) is 0 Å². The van der Waals surface area contributed by atoms with Gasteiger partial charge in [-0.3, -0.25) is 19.9 Å². The highest BCUT2D eigenvalue weighted by molar-refractivity contribution is 5.92. The molecule has 0 bridgehead atoms. The molecule has 2 unspecified atom stereocenters. The third kappa shape index (κ3) is 5.45. The molecule has 10 aromatic rings. The van der Waals surface area contributed by atoms with Gasteiger partial charge < -0.3 is 9.80 Å². The van der Waals surface area contributed by atoms with E-state index >= 15 is 0 Å². The van der Waals surface area contributed by atoms with Gasteiger partial charge in [0.25, 0.3) is 0 Å². The molecule has 0 N–H and O–H groups in total. The Hall–Kier alpha value is -8.48. The minimum absolute atomic E-state index is 0.850. The molecular formula is C58H40N6. The number of fused-ring (bicyclic) bond motifs is 6. The number of benzene rings is 6. The molecule has 0 amide bonds. The predicted octanol–water partition coefficient (Wildman–Crippen LogP) is 13.5. The van der Waals surface area contributed by atoms with Crippen LogP contribution >= 0.6 is 0 Å². The van der Waals surface area contributed by atoms with E-state index in [4.69, 9.17) is 19.9 Å². The monoisotopic (exact) mass is 820 g/mol. The zero-order valence-electron chi connectivity index (χ0n) is 34.8. The number of aromatic nitrogens is 4. The molecule has 64 heavy (non-hydrogen) atoms. The molecule has 6 heteroatoms. The lowest BCUT2D eigenvalue weighted by Gasteiger charge is -2.50. The molecule has 0 aliphatic heterocycles. The summed E-state index contributed by atoms with van der Waals surface area (Å²) in [6.45, 7) is 0. The van der Waals surface area contributed by atoms with Crippen molar-refractivity contribution in [1.82, 2.24) is 19.9 Å². The molecule has 6 nitrogen and oxygen atoms in total. The van der Waals surface area contributed by atoms with E-state index < -0.39 is 10.8 Å². The first kappa shape index (κ1) is 37.3. The van der Waals surface area contributed by atoms with Gasteiger partial charge in [-0.15, -0.1) is 0 Å². The predicted molar refractivity (Wildman–Crippen MR) is 257 cm³/mol. The van der Waals surface area contributed by atoms with E-state index in [1.165, 1.54) is 0 Å². The van der Waals surface area contributed by atoms with Crippen molar-refractivity contribution in [1.29, 1.82) is 0 Å². The summed E-state index contributed by atoms with van der Waals surface area (Å²) >= 11 is 0. The van der Waals surface area contributed by atoms with Gasteiger partial charge in [0.1, 0.15) is 0 Å². The van der Waals surface area contributed by atoms with Crippen LogP contribution in [0.4, 0.5) is 34.1 Å². The van der Waals surface area contributed by atoms with Crippen molar-refractivity contribution in [3.05, 3.63) is 277 Å². The number of para-hydroxylation sites is 4. The Balaban J connectivity index is 1.24. The maximum atomic E-state index is 5.51. The number of anilines is 6. The quantitative estimate of drug-likeness (QED) is 0.145. The first-order valence-electron chi connectivity index (χ1n) is 21.6. The van der Waals surface area contributed by atoms with Crippen LogP contribution in [0.1, 0.15) is 33.4 Å². The fourth-order valence-electron chi connectivity index (χ4n) is 10.7. The first-order valence-corrected chi connectivity index (χ1v) is 21.6. The van der Waals surface area contributed by atoms with Gasteiger partial charge in [-0.2, -0.15) is 0 Å². The zero-order chi connectivity index (χ0) is 42.5. The van der Waals surface area contributed by atoms with Crippen LogP contribution in [0.2, 0.25) is 0 Å². The minimum Gasteiger partial charge on any atom is -0.309 e. The van der Waals surface area contributed by atoms with Crippen LogP contribution in [-0.4, -0.2) is 19.9 Å². The highest BCUT2D eigenvalue weighted by Crippen LogP contribution is 2.69. The summed E-state index contributed by atoms with van der Waals surface area (Å²) < 4.78 is 0. The summed E-state index contributed by atoms with van der Waals surface area (Å²) in [6, 6.07) is 75.5. The SMILES string of the molecule is c1ccc(N(c2ccccc2)c2cnc3c(c2)C(c2ccccc2)(C2(c4ccccc4)c4cccnc4-c4ncc(N(c5ccccc5)c5ccccc5)cc42)c2ccncc2-3)cc1. The van der Waals surface area contributed by atoms with Gasteiger partial charge in [-0.05, 0) is 106 Å². The number of nitrogens with zero attached hydrogens (tertiary/aromatic N) is 6. The topological polar surface area (TPSA) is 58.0 Å². The van der Waals surface area contributed by atoms with Crippen molar-refractivity contribution >= 4 is 34.1 Å². The average molecular weight is 821 g/mol. The summed E-state index contributed by atoms with van der Waals surface area (Å²) in [5.74, 6) is 0. The normalized spacial score (nSPS) is 16.6. The standard InChI is InChI=1S/C58H40N6/c1-7-20-41(21-8-1)57(50-33-35-59-40-49(50)54-52(57)36-47(38-61-54)63(43-24-11-3-12-25-43)44-26-13-4-14-27-44)58(42-22-9-2-10-23-42)51-32-19-34-60-55(51)56-53(58)37-48(39-62-56)64(45-28-15-5-16-29-45)46-30-17-6-18-31-46/h1-40H. The highest BCUT2D eigenvalue weighted by atomic mass is 15.2.